The van der Waals surface area contributed by atoms with E-state index in [0.29, 0.717) is 6.42 Å². The molecule has 7 heteroatoms. The van der Waals surface area contributed by atoms with Crippen LogP contribution in [0.3, 0.4) is 0 Å². The van der Waals surface area contributed by atoms with Crippen LogP contribution in [0.25, 0.3) is 11.0 Å². The molecule has 0 amide bonds. The maximum absolute atomic E-state index is 9.92. The van der Waals surface area contributed by atoms with E-state index in [4.69, 9.17) is 9.37 Å². The van der Waals surface area contributed by atoms with Gasteiger partial charge in [0, 0.05) is 26.1 Å². The van der Waals surface area contributed by atoms with Gasteiger partial charge in [0.25, 0.3) is 0 Å². The van der Waals surface area contributed by atoms with Crippen LogP contribution in [0.15, 0.2) is 22.8 Å². The van der Waals surface area contributed by atoms with Crippen LogP contribution in [0, 0.1) is 0 Å². The highest BCUT2D eigenvalue weighted by molar-refractivity contribution is 5.76. The molecule has 1 spiro atoms. The molecule has 0 aliphatic carbocycles. The maximum Gasteiger partial charge on any atom is 0.139 e. The van der Waals surface area contributed by atoms with Gasteiger partial charge >= 0.3 is 0 Å². The summed E-state index contributed by atoms with van der Waals surface area (Å²) in [5.41, 5.74) is 2.43. The second kappa shape index (κ2) is 5.83. The summed E-state index contributed by atoms with van der Waals surface area (Å²) in [5.74, 6) is 0. The zero-order valence-electron chi connectivity index (χ0n) is 12.9. The van der Waals surface area contributed by atoms with E-state index in [-0.39, 0.29) is 12.2 Å². The molecule has 2 N–H and O–H groups in total. The molecule has 2 aliphatic heterocycles. The van der Waals surface area contributed by atoms with Crippen LogP contribution in [0.2, 0.25) is 0 Å². The molecular formula is C16H21N3O4. The molecular weight excluding hydrogens is 298 g/mol. The quantitative estimate of drug-likeness (QED) is 0.842. The molecule has 124 valence electrons. The third kappa shape index (κ3) is 2.85. The zero-order chi connectivity index (χ0) is 15.9. The SMILES string of the molecule is O[C@@H]1CC2(CCN(Cc3cccc4nonc34)CC2)OC[C@@H]1O. The van der Waals surface area contributed by atoms with Crippen molar-refractivity contribution in [1.29, 1.82) is 0 Å². The minimum absolute atomic E-state index is 0.227. The van der Waals surface area contributed by atoms with Crippen molar-refractivity contribution < 1.29 is 19.6 Å². The van der Waals surface area contributed by atoms with Crippen molar-refractivity contribution in [3.63, 3.8) is 0 Å². The number of aliphatic hydroxyl groups excluding tert-OH is 2. The predicted molar refractivity (Wildman–Crippen MR) is 81.6 cm³/mol. The Morgan fingerprint density at radius 1 is 1.17 bits per heavy atom. The van der Waals surface area contributed by atoms with Gasteiger partial charge in [0.05, 0.1) is 18.3 Å². The van der Waals surface area contributed by atoms with E-state index in [0.717, 1.165) is 49.1 Å². The second-order valence-electron chi connectivity index (χ2n) is 6.66. The summed E-state index contributed by atoms with van der Waals surface area (Å²) in [4.78, 5) is 2.36. The van der Waals surface area contributed by atoms with Gasteiger partial charge in [0.15, 0.2) is 0 Å². The molecule has 1 aromatic carbocycles. The molecule has 2 fully saturated rings. The van der Waals surface area contributed by atoms with E-state index in [1.807, 2.05) is 18.2 Å². The summed E-state index contributed by atoms with van der Waals surface area (Å²) >= 11 is 0. The number of ether oxygens (including phenoxy) is 1. The molecule has 2 aliphatic rings. The average molecular weight is 319 g/mol. The third-order valence-corrected chi connectivity index (χ3v) is 5.12. The Morgan fingerprint density at radius 3 is 2.78 bits per heavy atom. The molecule has 0 unspecified atom stereocenters. The Labute approximate surface area is 133 Å². The van der Waals surface area contributed by atoms with Crippen LogP contribution in [-0.2, 0) is 11.3 Å². The van der Waals surface area contributed by atoms with Crippen LogP contribution in [0.5, 0.6) is 0 Å². The number of hydrogen-bond donors (Lipinski definition) is 2. The highest BCUT2D eigenvalue weighted by Gasteiger charge is 2.42. The number of nitrogens with zero attached hydrogens (tertiary/aromatic N) is 3. The van der Waals surface area contributed by atoms with Crippen molar-refractivity contribution in [3.8, 4) is 0 Å². The highest BCUT2D eigenvalue weighted by Crippen LogP contribution is 2.35. The summed E-state index contributed by atoms with van der Waals surface area (Å²) in [6.45, 7) is 2.81. The van der Waals surface area contributed by atoms with Gasteiger partial charge in [0.1, 0.15) is 17.1 Å². The van der Waals surface area contributed by atoms with Gasteiger partial charge in [-0.1, -0.05) is 12.1 Å². The van der Waals surface area contributed by atoms with E-state index in [1.54, 1.807) is 0 Å². The van der Waals surface area contributed by atoms with Crippen LogP contribution < -0.4 is 0 Å². The lowest BCUT2D eigenvalue weighted by atomic mass is 9.82. The standard InChI is InChI=1S/C16H21N3O4/c20-13-8-16(22-10-14(13)21)4-6-19(7-5-16)9-11-2-1-3-12-15(11)18-23-17-12/h1-3,13-14,20-21H,4-10H2/t13-,14+/m1/s1. The normalized spacial score (nSPS) is 28.4. The van der Waals surface area contributed by atoms with E-state index >= 15 is 0 Å². The van der Waals surface area contributed by atoms with Crippen LogP contribution in [0.1, 0.15) is 24.8 Å². The first-order chi connectivity index (χ1) is 11.2. The number of piperidine rings is 1. The smallest absolute Gasteiger partial charge is 0.139 e. The lowest BCUT2D eigenvalue weighted by Crippen LogP contribution is -2.54. The number of fused-ring (bicyclic) bond motifs is 1. The first kappa shape index (κ1) is 15.0. The van der Waals surface area contributed by atoms with Gasteiger partial charge in [-0.05, 0) is 34.8 Å². The number of aromatic nitrogens is 2. The van der Waals surface area contributed by atoms with Crippen molar-refractivity contribution in [2.75, 3.05) is 19.7 Å². The Balaban J connectivity index is 1.41. The molecule has 0 bridgehead atoms. The van der Waals surface area contributed by atoms with E-state index in [1.165, 1.54) is 0 Å². The molecule has 2 saturated heterocycles. The van der Waals surface area contributed by atoms with Gasteiger partial charge in [0.2, 0.25) is 0 Å². The number of hydrogen-bond acceptors (Lipinski definition) is 7. The minimum atomic E-state index is -0.754. The number of aliphatic hydroxyl groups is 2. The van der Waals surface area contributed by atoms with E-state index in [9.17, 15) is 10.2 Å². The number of rotatable bonds is 2. The van der Waals surface area contributed by atoms with Gasteiger partial charge < -0.3 is 14.9 Å². The van der Waals surface area contributed by atoms with Crippen molar-refractivity contribution in [3.05, 3.63) is 23.8 Å². The largest absolute Gasteiger partial charge is 0.390 e. The molecule has 3 heterocycles. The Bertz CT molecular complexity index is 681. The Kier molecular flexibility index (Phi) is 3.81. The number of likely N-dealkylation sites (tertiary alicyclic amines) is 1. The fourth-order valence-electron chi connectivity index (χ4n) is 3.65. The van der Waals surface area contributed by atoms with Gasteiger partial charge in [-0.25, -0.2) is 4.63 Å². The summed E-state index contributed by atoms with van der Waals surface area (Å²) in [6, 6.07) is 5.91. The molecule has 0 saturated carbocycles. The average Bonchev–Trinajstić information content (AvgIpc) is 3.04. The van der Waals surface area contributed by atoms with Crippen molar-refractivity contribution in [2.24, 2.45) is 0 Å². The molecule has 23 heavy (non-hydrogen) atoms. The summed E-state index contributed by atoms with van der Waals surface area (Å²) < 4.78 is 10.7. The van der Waals surface area contributed by atoms with Crippen LogP contribution in [0.4, 0.5) is 0 Å². The minimum Gasteiger partial charge on any atom is -0.390 e. The van der Waals surface area contributed by atoms with Gasteiger partial charge in [-0.3, -0.25) is 4.90 Å². The maximum atomic E-state index is 9.92. The first-order valence-corrected chi connectivity index (χ1v) is 8.08. The zero-order valence-corrected chi connectivity index (χ0v) is 12.9. The van der Waals surface area contributed by atoms with E-state index in [2.05, 4.69) is 15.2 Å². The van der Waals surface area contributed by atoms with Gasteiger partial charge in [-0.15, -0.1) is 0 Å². The van der Waals surface area contributed by atoms with Crippen molar-refractivity contribution >= 4 is 11.0 Å². The molecule has 2 aromatic rings. The predicted octanol–water partition coefficient (Wildman–Crippen LogP) is 0.699. The lowest BCUT2D eigenvalue weighted by molar-refractivity contribution is -0.188. The Hall–Kier alpha value is -1.54. The molecule has 7 nitrogen and oxygen atoms in total. The highest BCUT2D eigenvalue weighted by atomic mass is 16.6. The molecule has 1 aromatic heterocycles. The molecule has 0 radical (unpaired) electrons. The summed E-state index contributed by atoms with van der Waals surface area (Å²) in [6.07, 6.45) is 0.819. The van der Waals surface area contributed by atoms with E-state index < -0.39 is 12.2 Å². The van der Waals surface area contributed by atoms with Crippen molar-refractivity contribution in [1.82, 2.24) is 15.2 Å². The fraction of sp³-hybridized carbons (Fsp3) is 0.625. The number of benzene rings is 1. The van der Waals surface area contributed by atoms with Gasteiger partial charge in [-0.2, -0.15) is 0 Å². The van der Waals surface area contributed by atoms with Crippen molar-refractivity contribution in [2.45, 2.75) is 43.6 Å². The van der Waals surface area contributed by atoms with Crippen LogP contribution >= 0.6 is 0 Å². The topological polar surface area (TPSA) is 91.9 Å². The Morgan fingerprint density at radius 2 is 2.00 bits per heavy atom. The summed E-state index contributed by atoms with van der Waals surface area (Å²) in [5, 5.41) is 27.4. The lowest BCUT2D eigenvalue weighted by Gasteiger charge is -2.46. The fourth-order valence-corrected chi connectivity index (χ4v) is 3.65. The summed E-state index contributed by atoms with van der Waals surface area (Å²) in [7, 11) is 0. The molecule has 4 rings (SSSR count). The third-order valence-electron chi connectivity index (χ3n) is 5.12. The van der Waals surface area contributed by atoms with Crippen LogP contribution in [-0.4, -0.2) is 62.9 Å². The monoisotopic (exact) mass is 319 g/mol. The second-order valence-corrected chi connectivity index (χ2v) is 6.66. The first-order valence-electron chi connectivity index (χ1n) is 8.08. The molecule has 2 atom stereocenters.